The fourth-order valence-corrected chi connectivity index (χ4v) is 2.52. The molecule has 0 spiro atoms. The lowest BCUT2D eigenvalue weighted by molar-refractivity contribution is -0.385. The minimum atomic E-state index is -0.747. The van der Waals surface area contributed by atoms with E-state index in [1.165, 1.54) is 56.5 Å². The van der Waals surface area contributed by atoms with Gasteiger partial charge in [0.05, 0.1) is 24.2 Å². The zero-order valence-electron chi connectivity index (χ0n) is 16.5. The summed E-state index contributed by atoms with van der Waals surface area (Å²) >= 11 is 0. The highest BCUT2D eigenvalue weighted by atomic mass is 16.6. The maximum absolute atomic E-state index is 12.4. The Bertz CT molecular complexity index is 1070. The number of rotatable bonds is 7. The normalized spacial score (nSPS) is 10.7. The number of nitro groups is 1. The molecule has 9 nitrogen and oxygen atoms in total. The number of nitrogens with zero attached hydrogens (tertiary/aromatic N) is 2. The first-order valence-corrected chi connectivity index (χ1v) is 8.74. The highest BCUT2D eigenvalue weighted by molar-refractivity contribution is 5.98. The molecule has 154 valence electrons. The number of benzene rings is 2. The molecular weight excluding hydrogens is 392 g/mol. The van der Waals surface area contributed by atoms with Crippen LogP contribution in [0.3, 0.4) is 0 Å². The van der Waals surface area contributed by atoms with Gasteiger partial charge in [0.25, 0.3) is 5.69 Å². The van der Waals surface area contributed by atoms with Gasteiger partial charge in [0.1, 0.15) is 11.6 Å². The van der Waals surface area contributed by atoms with Gasteiger partial charge in [0, 0.05) is 11.6 Å². The van der Waals surface area contributed by atoms with E-state index in [2.05, 4.69) is 0 Å². The summed E-state index contributed by atoms with van der Waals surface area (Å²) in [5.74, 6) is -1.18. The van der Waals surface area contributed by atoms with E-state index in [4.69, 9.17) is 19.5 Å². The second-order valence-electron chi connectivity index (χ2n) is 5.95. The van der Waals surface area contributed by atoms with Gasteiger partial charge < -0.3 is 14.2 Å². The van der Waals surface area contributed by atoms with Crippen molar-refractivity contribution in [3.05, 3.63) is 68.8 Å². The molecule has 0 saturated heterocycles. The summed E-state index contributed by atoms with van der Waals surface area (Å²) in [6.07, 6.45) is 1.33. The molecule has 0 amide bonds. The summed E-state index contributed by atoms with van der Waals surface area (Å²) in [4.78, 5) is 34.5. The third-order valence-electron chi connectivity index (χ3n) is 3.95. The molecule has 0 bridgehead atoms. The molecule has 0 unspecified atom stereocenters. The maximum Gasteiger partial charge on any atom is 0.348 e. The third kappa shape index (κ3) is 5.20. The maximum atomic E-state index is 12.4. The highest BCUT2D eigenvalue weighted by Crippen LogP contribution is 2.30. The Morgan fingerprint density at radius 3 is 2.50 bits per heavy atom. The fraction of sp³-hybridized carbons (Fsp3) is 0.190. The minimum absolute atomic E-state index is 0.102. The Morgan fingerprint density at radius 2 is 1.93 bits per heavy atom. The molecule has 0 fully saturated rings. The van der Waals surface area contributed by atoms with Crippen LogP contribution in [0.5, 0.6) is 11.5 Å². The van der Waals surface area contributed by atoms with Gasteiger partial charge in [-0.3, -0.25) is 10.1 Å². The molecule has 30 heavy (non-hydrogen) atoms. The Kier molecular flexibility index (Phi) is 7.25. The van der Waals surface area contributed by atoms with Crippen LogP contribution in [-0.2, 0) is 9.53 Å². The van der Waals surface area contributed by atoms with Gasteiger partial charge in [-0.05, 0) is 49.8 Å². The van der Waals surface area contributed by atoms with E-state index in [-0.39, 0.29) is 34.9 Å². The molecule has 2 rings (SSSR count). The molecule has 9 heteroatoms. The lowest BCUT2D eigenvalue weighted by Gasteiger charge is -2.10. The predicted octanol–water partition coefficient (Wildman–Crippen LogP) is 3.60. The summed E-state index contributed by atoms with van der Waals surface area (Å²) in [5.41, 5.74) is 0.630. The summed E-state index contributed by atoms with van der Waals surface area (Å²) in [6.45, 7) is 3.29. The molecule has 2 aromatic carbocycles. The number of methoxy groups -OCH3 is 1. The van der Waals surface area contributed by atoms with Crippen molar-refractivity contribution in [3.8, 4) is 17.6 Å². The number of carbonyl (C=O) groups excluding carboxylic acids is 2. The van der Waals surface area contributed by atoms with E-state index in [0.717, 1.165) is 0 Å². The zero-order chi connectivity index (χ0) is 22.3. The van der Waals surface area contributed by atoms with Crippen molar-refractivity contribution in [2.75, 3.05) is 13.7 Å². The van der Waals surface area contributed by atoms with Gasteiger partial charge in [-0.15, -0.1) is 0 Å². The Hall–Kier alpha value is -4.19. The van der Waals surface area contributed by atoms with Crippen molar-refractivity contribution >= 4 is 23.7 Å². The molecule has 0 atom stereocenters. The quantitative estimate of drug-likeness (QED) is 0.169. The van der Waals surface area contributed by atoms with Gasteiger partial charge in [-0.25, -0.2) is 9.59 Å². The Balaban J connectivity index is 2.28. The van der Waals surface area contributed by atoms with Gasteiger partial charge in [-0.1, -0.05) is 6.07 Å². The second-order valence-corrected chi connectivity index (χ2v) is 5.95. The molecule has 0 aliphatic heterocycles. The van der Waals surface area contributed by atoms with Gasteiger partial charge in [-0.2, -0.15) is 5.26 Å². The third-order valence-corrected chi connectivity index (χ3v) is 3.95. The summed E-state index contributed by atoms with van der Waals surface area (Å²) < 4.78 is 15.4. The monoisotopic (exact) mass is 410 g/mol. The second kappa shape index (κ2) is 9.84. The average molecular weight is 410 g/mol. The summed E-state index contributed by atoms with van der Waals surface area (Å²) in [7, 11) is 1.37. The first kappa shape index (κ1) is 22.1. The number of esters is 2. The van der Waals surface area contributed by atoms with E-state index >= 15 is 0 Å². The molecule has 0 aromatic heterocycles. The summed E-state index contributed by atoms with van der Waals surface area (Å²) in [6, 6.07) is 10.1. The first-order valence-electron chi connectivity index (χ1n) is 8.74. The topological polar surface area (TPSA) is 129 Å². The van der Waals surface area contributed by atoms with Crippen LogP contribution in [0.4, 0.5) is 5.69 Å². The predicted molar refractivity (Wildman–Crippen MR) is 106 cm³/mol. The number of nitro benzene ring substituents is 1. The van der Waals surface area contributed by atoms with Gasteiger partial charge >= 0.3 is 11.9 Å². The fourth-order valence-electron chi connectivity index (χ4n) is 2.52. The molecule has 0 radical (unpaired) electrons. The van der Waals surface area contributed by atoms with Crippen molar-refractivity contribution in [2.24, 2.45) is 0 Å². The lowest BCUT2D eigenvalue weighted by atomic mass is 10.1. The van der Waals surface area contributed by atoms with Crippen molar-refractivity contribution in [1.82, 2.24) is 0 Å². The molecule has 0 heterocycles. The van der Waals surface area contributed by atoms with Crippen molar-refractivity contribution in [2.45, 2.75) is 13.8 Å². The standard InChI is InChI=1S/C21H18N2O7/c1-4-29-20(24)16(12-22)10-14-5-8-18(19(11-14)28-3)30-21(25)15-6-7-17(23(26)27)13(2)9-15/h5-11H,4H2,1-3H3/b16-10+. The van der Waals surface area contributed by atoms with Gasteiger partial charge in [0.2, 0.25) is 0 Å². The Morgan fingerprint density at radius 1 is 1.20 bits per heavy atom. The van der Waals surface area contributed by atoms with Crippen LogP contribution in [0.15, 0.2) is 42.0 Å². The van der Waals surface area contributed by atoms with Crippen LogP contribution in [-0.4, -0.2) is 30.6 Å². The van der Waals surface area contributed by atoms with Crippen LogP contribution in [0.1, 0.15) is 28.4 Å². The van der Waals surface area contributed by atoms with Crippen molar-refractivity contribution < 1.29 is 28.7 Å². The molecule has 0 saturated carbocycles. The number of hydrogen-bond acceptors (Lipinski definition) is 8. The van der Waals surface area contributed by atoms with E-state index in [1.807, 2.05) is 0 Å². The van der Waals surface area contributed by atoms with Crippen molar-refractivity contribution in [3.63, 3.8) is 0 Å². The van der Waals surface area contributed by atoms with Crippen LogP contribution >= 0.6 is 0 Å². The van der Waals surface area contributed by atoms with E-state index < -0.39 is 16.9 Å². The van der Waals surface area contributed by atoms with E-state index in [1.54, 1.807) is 13.0 Å². The SMILES string of the molecule is CCOC(=O)/C(C#N)=C/c1ccc(OC(=O)c2ccc([N+](=O)[O-])c(C)c2)c(OC)c1. The number of nitriles is 1. The molecular formula is C21H18N2O7. The zero-order valence-corrected chi connectivity index (χ0v) is 16.5. The van der Waals surface area contributed by atoms with Crippen LogP contribution < -0.4 is 9.47 Å². The molecule has 0 aliphatic carbocycles. The number of ether oxygens (including phenoxy) is 3. The number of carbonyl (C=O) groups is 2. The average Bonchev–Trinajstić information content (AvgIpc) is 2.72. The highest BCUT2D eigenvalue weighted by Gasteiger charge is 2.17. The minimum Gasteiger partial charge on any atom is -0.493 e. The molecule has 0 aliphatic rings. The van der Waals surface area contributed by atoms with Crippen LogP contribution in [0, 0.1) is 28.4 Å². The van der Waals surface area contributed by atoms with Gasteiger partial charge in [0.15, 0.2) is 11.5 Å². The molecule has 0 N–H and O–H groups in total. The van der Waals surface area contributed by atoms with E-state index in [0.29, 0.717) is 11.1 Å². The number of hydrogen-bond donors (Lipinski definition) is 0. The van der Waals surface area contributed by atoms with Crippen molar-refractivity contribution in [1.29, 1.82) is 5.26 Å². The smallest absolute Gasteiger partial charge is 0.348 e. The summed E-state index contributed by atoms with van der Waals surface area (Å²) in [5, 5.41) is 20.0. The Labute approximate surface area is 172 Å². The number of aryl methyl sites for hydroxylation is 1. The lowest BCUT2D eigenvalue weighted by Crippen LogP contribution is -2.10. The largest absolute Gasteiger partial charge is 0.493 e. The van der Waals surface area contributed by atoms with Crippen LogP contribution in [0.25, 0.3) is 6.08 Å². The first-order chi connectivity index (χ1) is 14.3. The van der Waals surface area contributed by atoms with E-state index in [9.17, 15) is 19.7 Å². The molecule has 2 aromatic rings. The van der Waals surface area contributed by atoms with Crippen LogP contribution in [0.2, 0.25) is 0 Å².